The van der Waals surface area contributed by atoms with E-state index in [4.69, 9.17) is 0 Å². The van der Waals surface area contributed by atoms with Crippen LogP contribution in [0.3, 0.4) is 0 Å². The van der Waals surface area contributed by atoms with Crippen LogP contribution < -0.4 is 10.9 Å². The van der Waals surface area contributed by atoms with Crippen molar-refractivity contribution >= 4 is 5.91 Å². The molecule has 0 saturated heterocycles. The van der Waals surface area contributed by atoms with E-state index in [1.165, 1.54) is 17.0 Å². The maximum absolute atomic E-state index is 12.0. The summed E-state index contributed by atoms with van der Waals surface area (Å²) in [5, 5.41) is 2.77. The molecule has 0 spiro atoms. The van der Waals surface area contributed by atoms with E-state index in [1.807, 2.05) is 24.3 Å². The average molecular weight is 335 g/mol. The Hall–Kier alpha value is -3.35. The molecule has 1 N–H and O–H groups in total. The van der Waals surface area contributed by atoms with Gasteiger partial charge in [-0.25, -0.2) is 4.98 Å². The Morgan fingerprint density at radius 1 is 1.20 bits per heavy atom. The summed E-state index contributed by atoms with van der Waals surface area (Å²) < 4.78 is 1.27. The van der Waals surface area contributed by atoms with Gasteiger partial charge in [0.15, 0.2) is 0 Å². The molecule has 25 heavy (non-hydrogen) atoms. The normalized spacial score (nSPS) is 10.4. The average Bonchev–Trinajstić information content (AvgIpc) is 2.63. The number of aromatic nitrogens is 4. The zero-order valence-corrected chi connectivity index (χ0v) is 13.7. The summed E-state index contributed by atoms with van der Waals surface area (Å²) in [6.45, 7) is 2.01. The van der Waals surface area contributed by atoms with Crippen molar-refractivity contribution in [1.29, 1.82) is 0 Å². The first kappa shape index (κ1) is 16.5. The molecule has 0 atom stereocenters. The lowest BCUT2D eigenvalue weighted by Gasteiger charge is -2.08. The molecule has 1 amide bonds. The summed E-state index contributed by atoms with van der Waals surface area (Å²) in [4.78, 5) is 36.2. The minimum absolute atomic E-state index is 0.0622. The van der Waals surface area contributed by atoms with E-state index >= 15 is 0 Å². The maximum atomic E-state index is 12.0. The van der Waals surface area contributed by atoms with Crippen LogP contribution in [-0.4, -0.2) is 25.4 Å². The highest BCUT2D eigenvalue weighted by molar-refractivity contribution is 5.75. The molecule has 0 saturated carbocycles. The van der Waals surface area contributed by atoms with Gasteiger partial charge in [-0.05, 0) is 30.7 Å². The third kappa shape index (κ3) is 4.35. The zero-order chi connectivity index (χ0) is 17.6. The van der Waals surface area contributed by atoms with Crippen molar-refractivity contribution in [3.05, 3.63) is 76.9 Å². The SMILES string of the molecule is Cc1cc(=O)n(CC(=O)NCc2ccc(-c3cccnc3)nc2)cn1. The van der Waals surface area contributed by atoms with Crippen molar-refractivity contribution in [1.82, 2.24) is 24.8 Å². The van der Waals surface area contributed by atoms with Gasteiger partial charge in [-0.2, -0.15) is 0 Å². The van der Waals surface area contributed by atoms with Gasteiger partial charge in [0.05, 0.1) is 12.0 Å². The highest BCUT2D eigenvalue weighted by atomic mass is 16.2. The molecule has 0 aliphatic carbocycles. The lowest BCUT2D eigenvalue weighted by Crippen LogP contribution is -2.32. The monoisotopic (exact) mass is 335 g/mol. The number of aryl methyl sites for hydroxylation is 1. The van der Waals surface area contributed by atoms with Gasteiger partial charge in [-0.3, -0.25) is 24.1 Å². The van der Waals surface area contributed by atoms with Gasteiger partial charge in [-0.15, -0.1) is 0 Å². The van der Waals surface area contributed by atoms with E-state index in [1.54, 1.807) is 25.5 Å². The van der Waals surface area contributed by atoms with Gasteiger partial charge >= 0.3 is 0 Å². The minimum atomic E-state index is -0.260. The van der Waals surface area contributed by atoms with Crippen molar-refractivity contribution in [2.45, 2.75) is 20.0 Å². The molecule has 0 fully saturated rings. The van der Waals surface area contributed by atoms with Crippen LogP contribution in [0.4, 0.5) is 0 Å². The summed E-state index contributed by atoms with van der Waals surface area (Å²) in [5.74, 6) is -0.260. The van der Waals surface area contributed by atoms with Crippen LogP contribution in [0.2, 0.25) is 0 Å². The molecule has 7 heteroatoms. The third-order valence-electron chi connectivity index (χ3n) is 3.60. The Balaban J connectivity index is 1.58. The fraction of sp³-hybridized carbons (Fsp3) is 0.167. The topological polar surface area (TPSA) is 89.8 Å². The van der Waals surface area contributed by atoms with Crippen molar-refractivity contribution in [2.75, 3.05) is 0 Å². The number of nitrogens with one attached hydrogen (secondary N) is 1. The van der Waals surface area contributed by atoms with Crippen LogP contribution in [0.25, 0.3) is 11.3 Å². The molecule has 3 aromatic heterocycles. The van der Waals surface area contributed by atoms with Gasteiger partial charge in [0.25, 0.3) is 5.56 Å². The Morgan fingerprint density at radius 3 is 2.76 bits per heavy atom. The summed E-state index contributed by atoms with van der Waals surface area (Å²) in [6, 6.07) is 8.97. The number of nitrogens with zero attached hydrogens (tertiary/aromatic N) is 4. The quantitative estimate of drug-likeness (QED) is 0.759. The first-order chi connectivity index (χ1) is 12.1. The van der Waals surface area contributed by atoms with Crippen LogP contribution in [0.15, 0.2) is 60.0 Å². The summed E-state index contributed by atoms with van der Waals surface area (Å²) in [5.41, 5.74) is 3.01. The minimum Gasteiger partial charge on any atom is -0.350 e. The molecular weight excluding hydrogens is 318 g/mol. The predicted octanol–water partition coefficient (Wildman–Crippen LogP) is 1.33. The van der Waals surface area contributed by atoms with E-state index in [9.17, 15) is 9.59 Å². The number of rotatable bonds is 5. The summed E-state index contributed by atoms with van der Waals surface area (Å²) in [7, 11) is 0. The molecule has 0 aliphatic heterocycles. The Morgan fingerprint density at radius 2 is 2.08 bits per heavy atom. The highest BCUT2D eigenvalue weighted by Crippen LogP contribution is 2.14. The predicted molar refractivity (Wildman–Crippen MR) is 92.5 cm³/mol. The molecule has 3 heterocycles. The second-order valence-electron chi connectivity index (χ2n) is 5.57. The van der Waals surface area contributed by atoms with Crippen molar-refractivity contribution in [3.63, 3.8) is 0 Å². The third-order valence-corrected chi connectivity index (χ3v) is 3.60. The number of carbonyl (C=O) groups excluding carboxylic acids is 1. The van der Waals surface area contributed by atoms with Gasteiger partial charge < -0.3 is 5.32 Å². The van der Waals surface area contributed by atoms with E-state index in [2.05, 4.69) is 20.3 Å². The molecule has 0 radical (unpaired) electrons. The van der Waals surface area contributed by atoms with Gasteiger partial charge in [0.1, 0.15) is 6.54 Å². The molecular formula is C18H17N5O2. The Bertz CT molecular complexity index is 920. The number of hydrogen-bond acceptors (Lipinski definition) is 5. The van der Waals surface area contributed by atoms with Crippen LogP contribution in [0.5, 0.6) is 0 Å². The molecule has 126 valence electrons. The summed E-state index contributed by atoms with van der Waals surface area (Å²) >= 11 is 0. The van der Waals surface area contributed by atoms with E-state index in [0.717, 1.165) is 16.8 Å². The van der Waals surface area contributed by atoms with E-state index in [0.29, 0.717) is 12.2 Å². The second kappa shape index (κ2) is 7.48. The zero-order valence-electron chi connectivity index (χ0n) is 13.7. The Kier molecular flexibility index (Phi) is 4.94. The lowest BCUT2D eigenvalue weighted by atomic mass is 10.1. The molecule has 3 aromatic rings. The van der Waals surface area contributed by atoms with Crippen molar-refractivity contribution in [2.24, 2.45) is 0 Å². The van der Waals surface area contributed by atoms with Crippen molar-refractivity contribution < 1.29 is 4.79 Å². The molecule has 3 rings (SSSR count). The molecule has 0 bridgehead atoms. The van der Waals surface area contributed by atoms with E-state index < -0.39 is 0 Å². The molecule has 0 aromatic carbocycles. The van der Waals surface area contributed by atoms with Crippen LogP contribution in [0.1, 0.15) is 11.3 Å². The van der Waals surface area contributed by atoms with Crippen molar-refractivity contribution in [3.8, 4) is 11.3 Å². The fourth-order valence-corrected chi connectivity index (χ4v) is 2.26. The lowest BCUT2D eigenvalue weighted by molar-refractivity contribution is -0.121. The van der Waals surface area contributed by atoms with Crippen LogP contribution >= 0.6 is 0 Å². The van der Waals surface area contributed by atoms with Crippen LogP contribution in [0, 0.1) is 6.92 Å². The molecule has 7 nitrogen and oxygen atoms in total. The maximum Gasteiger partial charge on any atom is 0.253 e. The van der Waals surface area contributed by atoms with Gasteiger partial charge in [-0.1, -0.05) is 6.07 Å². The largest absolute Gasteiger partial charge is 0.350 e. The first-order valence-corrected chi connectivity index (χ1v) is 7.77. The standard InChI is InChI=1S/C18H17N5O2/c1-13-7-18(25)23(12-22-13)11-17(24)21-9-14-4-5-16(20-8-14)15-3-2-6-19-10-15/h2-8,10,12H,9,11H2,1H3,(H,21,24). The summed E-state index contributed by atoms with van der Waals surface area (Å²) in [6.07, 6.45) is 6.54. The second-order valence-corrected chi connectivity index (χ2v) is 5.57. The number of hydrogen-bond donors (Lipinski definition) is 1. The fourth-order valence-electron chi connectivity index (χ4n) is 2.26. The van der Waals surface area contributed by atoms with Gasteiger partial charge in [0, 0.05) is 42.5 Å². The Labute approximate surface area is 144 Å². The highest BCUT2D eigenvalue weighted by Gasteiger charge is 2.06. The van der Waals surface area contributed by atoms with Crippen LogP contribution in [-0.2, 0) is 17.9 Å². The number of pyridine rings is 2. The van der Waals surface area contributed by atoms with Gasteiger partial charge in [0.2, 0.25) is 5.91 Å². The smallest absolute Gasteiger partial charge is 0.253 e. The first-order valence-electron chi connectivity index (χ1n) is 7.77. The van der Waals surface area contributed by atoms with E-state index in [-0.39, 0.29) is 18.0 Å². The molecule has 0 unspecified atom stereocenters. The molecule has 0 aliphatic rings. The number of amides is 1. The number of carbonyl (C=O) groups is 1.